The Morgan fingerprint density at radius 3 is 2.73 bits per heavy atom. The number of methoxy groups -OCH3 is 1. The molecule has 1 heterocycles. The van der Waals surface area contributed by atoms with E-state index in [1.807, 2.05) is 0 Å². The summed E-state index contributed by atoms with van der Waals surface area (Å²) >= 11 is 0. The van der Waals surface area contributed by atoms with E-state index in [9.17, 15) is 13.6 Å². The maximum absolute atomic E-state index is 14.6. The van der Waals surface area contributed by atoms with Crippen LogP contribution in [0.2, 0.25) is 0 Å². The van der Waals surface area contributed by atoms with E-state index in [1.54, 1.807) is 18.2 Å². The van der Waals surface area contributed by atoms with Crippen LogP contribution in [0.4, 0.5) is 8.78 Å². The van der Waals surface area contributed by atoms with E-state index in [-0.39, 0.29) is 6.42 Å². The summed E-state index contributed by atoms with van der Waals surface area (Å²) in [6.45, 7) is 2.26. The van der Waals surface area contributed by atoms with Gasteiger partial charge in [-0.1, -0.05) is 39.0 Å². The van der Waals surface area contributed by atoms with Crippen molar-refractivity contribution in [1.29, 1.82) is 0 Å². The number of nitrogens with one attached hydrogen (secondary N) is 1. The number of aromatic nitrogens is 1. The molecule has 1 aliphatic rings. The van der Waals surface area contributed by atoms with Gasteiger partial charge in [0.25, 0.3) is 11.5 Å². The van der Waals surface area contributed by atoms with Crippen molar-refractivity contribution in [3.8, 4) is 5.75 Å². The van der Waals surface area contributed by atoms with Crippen molar-refractivity contribution in [3.63, 3.8) is 0 Å². The van der Waals surface area contributed by atoms with Gasteiger partial charge in [-0.05, 0) is 41.8 Å². The fraction of sp³-hybridized carbons (Fsp3) is 0.571. The van der Waals surface area contributed by atoms with E-state index >= 15 is 0 Å². The summed E-state index contributed by atoms with van der Waals surface area (Å²) in [5, 5.41) is 0.583. The summed E-state index contributed by atoms with van der Waals surface area (Å²) in [6, 6.07) is 6.34. The van der Waals surface area contributed by atoms with Gasteiger partial charge < -0.3 is 9.72 Å². The predicted molar refractivity (Wildman–Crippen MR) is 100.0 cm³/mol. The minimum absolute atomic E-state index is 0.279. The Hall–Kier alpha value is -1.91. The Labute approximate surface area is 152 Å². The quantitative estimate of drug-likeness (QED) is 0.648. The van der Waals surface area contributed by atoms with Gasteiger partial charge in [-0.15, -0.1) is 0 Å². The van der Waals surface area contributed by atoms with Gasteiger partial charge in [0.15, 0.2) is 0 Å². The van der Waals surface area contributed by atoms with Crippen LogP contribution in [-0.4, -0.2) is 12.1 Å². The van der Waals surface area contributed by atoms with Crippen LogP contribution in [0, 0.1) is 11.8 Å². The molecule has 1 unspecified atom stereocenters. The molecular formula is C21H27F2NO2. The Bertz CT molecular complexity index is 815. The Morgan fingerprint density at radius 2 is 2.04 bits per heavy atom. The van der Waals surface area contributed by atoms with E-state index in [1.165, 1.54) is 32.4 Å². The van der Waals surface area contributed by atoms with Gasteiger partial charge in [-0.2, -0.15) is 0 Å². The number of ether oxygens (including phenoxy) is 1. The Balaban J connectivity index is 1.67. The van der Waals surface area contributed by atoms with Crippen molar-refractivity contribution < 1.29 is 13.5 Å². The number of unbranched alkanes of at least 4 members (excludes halogenated alkanes) is 1. The van der Waals surface area contributed by atoms with Crippen molar-refractivity contribution in [2.45, 2.75) is 57.8 Å². The molecule has 1 aliphatic carbocycles. The predicted octanol–water partition coefficient (Wildman–Crippen LogP) is 5.63. The normalized spacial score (nSPS) is 20.6. The zero-order valence-corrected chi connectivity index (χ0v) is 15.5. The molecule has 0 bridgehead atoms. The standard InChI is InChI=1S/C21H27F2NO2/c1-14-6-5-8-15(14)7-3-4-11-21(22,23)18-12-16-9-10-17(26-2)13-19(16)24-20(18)25/h9-10,12-15H,3-8,11H2,1-2H3,(H,24,25)/t14?,15-/m1/s1. The van der Waals surface area contributed by atoms with Gasteiger partial charge in [0.2, 0.25) is 0 Å². The molecule has 0 amide bonds. The van der Waals surface area contributed by atoms with Crippen LogP contribution < -0.4 is 10.3 Å². The third-order valence-corrected chi connectivity index (χ3v) is 5.80. The molecule has 0 saturated heterocycles. The lowest BCUT2D eigenvalue weighted by molar-refractivity contribution is -0.0173. The van der Waals surface area contributed by atoms with Crippen LogP contribution in [0.1, 0.15) is 57.4 Å². The first-order valence-corrected chi connectivity index (χ1v) is 9.50. The highest BCUT2D eigenvalue weighted by molar-refractivity contribution is 5.80. The largest absolute Gasteiger partial charge is 0.497 e. The highest BCUT2D eigenvalue weighted by Gasteiger charge is 2.34. The fourth-order valence-corrected chi connectivity index (χ4v) is 4.12. The Kier molecular flexibility index (Phi) is 5.64. The average molecular weight is 363 g/mol. The van der Waals surface area contributed by atoms with E-state index in [4.69, 9.17) is 4.74 Å². The lowest BCUT2D eigenvalue weighted by atomic mass is 9.91. The summed E-state index contributed by atoms with van der Waals surface area (Å²) in [5.74, 6) is -1.13. The van der Waals surface area contributed by atoms with Gasteiger partial charge in [-0.3, -0.25) is 4.79 Å². The highest BCUT2D eigenvalue weighted by Crippen LogP contribution is 2.37. The molecule has 1 saturated carbocycles. The van der Waals surface area contributed by atoms with Crippen LogP contribution in [0.5, 0.6) is 5.75 Å². The second-order valence-electron chi connectivity index (χ2n) is 7.58. The molecular weight excluding hydrogens is 336 g/mol. The second kappa shape index (κ2) is 7.77. The van der Waals surface area contributed by atoms with Gasteiger partial charge in [0, 0.05) is 12.5 Å². The number of alkyl halides is 2. The number of benzene rings is 1. The maximum Gasteiger partial charge on any atom is 0.278 e. The summed E-state index contributed by atoms with van der Waals surface area (Å²) in [4.78, 5) is 14.8. The molecule has 0 spiro atoms. The third-order valence-electron chi connectivity index (χ3n) is 5.80. The molecule has 2 atom stereocenters. The first kappa shape index (κ1) is 18.9. The molecule has 1 aromatic heterocycles. The number of hydrogen-bond donors (Lipinski definition) is 1. The monoisotopic (exact) mass is 363 g/mol. The molecule has 2 aromatic rings. The Morgan fingerprint density at radius 1 is 1.23 bits per heavy atom. The van der Waals surface area contributed by atoms with Crippen LogP contribution in [0.3, 0.4) is 0 Å². The lowest BCUT2D eigenvalue weighted by Gasteiger charge is -2.18. The molecule has 3 nitrogen and oxygen atoms in total. The number of fused-ring (bicyclic) bond motifs is 1. The average Bonchev–Trinajstić information content (AvgIpc) is 3.02. The summed E-state index contributed by atoms with van der Waals surface area (Å²) in [7, 11) is 1.52. The first-order valence-electron chi connectivity index (χ1n) is 9.50. The van der Waals surface area contributed by atoms with Gasteiger partial charge >= 0.3 is 0 Å². The summed E-state index contributed by atoms with van der Waals surface area (Å²) in [5.41, 5.74) is -0.659. The number of hydrogen-bond acceptors (Lipinski definition) is 2. The van der Waals surface area contributed by atoms with Gasteiger partial charge in [0.1, 0.15) is 5.75 Å². The third kappa shape index (κ3) is 4.08. The molecule has 1 fully saturated rings. The van der Waals surface area contributed by atoms with E-state index in [2.05, 4.69) is 11.9 Å². The van der Waals surface area contributed by atoms with E-state index in [0.717, 1.165) is 18.8 Å². The number of halogens is 2. The molecule has 5 heteroatoms. The van der Waals surface area contributed by atoms with E-state index < -0.39 is 17.0 Å². The molecule has 0 radical (unpaired) electrons. The van der Waals surface area contributed by atoms with Crippen molar-refractivity contribution in [1.82, 2.24) is 4.98 Å². The van der Waals surface area contributed by atoms with Gasteiger partial charge in [0.05, 0.1) is 18.2 Å². The molecule has 3 rings (SSSR count). The number of rotatable bonds is 7. The minimum Gasteiger partial charge on any atom is -0.497 e. The van der Waals surface area contributed by atoms with Crippen LogP contribution in [0.25, 0.3) is 10.9 Å². The zero-order valence-electron chi connectivity index (χ0n) is 15.5. The minimum atomic E-state index is -3.11. The second-order valence-corrected chi connectivity index (χ2v) is 7.58. The highest BCUT2D eigenvalue weighted by atomic mass is 19.3. The lowest BCUT2D eigenvalue weighted by Crippen LogP contribution is -2.25. The van der Waals surface area contributed by atoms with Crippen molar-refractivity contribution in [2.75, 3.05) is 7.11 Å². The molecule has 142 valence electrons. The number of aromatic amines is 1. The number of pyridine rings is 1. The van der Waals surface area contributed by atoms with Crippen molar-refractivity contribution in [3.05, 3.63) is 40.2 Å². The van der Waals surface area contributed by atoms with Crippen molar-refractivity contribution in [2.24, 2.45) is 11.8 Å². The topological polar surface area (TPSA) is 42.1 Å². The van der Waals surface area contributed by atoms with Crippen LogP contribution in [-0.2, 0) is 5.92 Å². The smallest absolute Gasteiger partial charge is 0.278 e. The van der Waals surface area contributed by atoms with E-state index in [0.29, 0.717) is 29.0 Å². The van der Waals surface area contributed by atoms with Crippen molar-refractivity contribution >= 4 is 10.9 Å². The molecule has 1 aromatic carbocycles. The van der Waals surface area contributed by atoms with Crippen LogP contribution >= 0.6 is 0 Å². The SMILES string of the molecule is COc1ccc2cc(C(F)(F)CCCC[C@@H]3CCCC3C)c(=O)[nH]c2c1. The van der Waals surface area contributed by atoms with Gasteiger partial charge in [-0.25, -0.2) is 8.78 Å². The number of H-pyrrole nitrogens is 1. The maximum atomic E-state index is 14.6. The molecule has 1 N–H and O–H groups in total. The van der Waals surface area contributed by atoms with Crippen LogP contribution in [0.15, 0.2) is 29.1 Å². The zero-order chi connectivity index (χ0) is 18.7. The fourth-order valence-electron chi connectivity index (χ4n) is 4.12. The summed E-state index contributed by atoms with van der Waals surface area (Å²) < 4.78 is 34.4. The first-order chi connectivity index (χ1) is 12.4. The molecule has 0 aliphatic heterocycles. The summed E-state index contributed by atoms with van der Waals surface area (Å²) in [6.07, 6.45) is 5.73. The molecule has 26 heavy (non-hydrogen) atoms.